The third-order valence-corrected chi connectivity index (χ3v) is 8.09. The van der Waals surface area contributed by atoms with Crippen molar-refractivity contribution < 1.29 is 14.4 Å². The van der Waals surface area contributed by atoms with Crippen LogP contribution in [0.5, 0.6) is 0 Å². The number of likely N-dealkylation sites (N-methyl/N-ethyl adjacent to an activating group) is 1. The van der Waals surface area contributed by atoms with E-state index in [4.69, 9.17) is 11.5 Å². The third kappa shape index (κ3) is 4.56. The van der Waals surface area contributed by atoms with Gasteiger partial charge in [-0.2, -0.15) is 0 Å². The van der Waals surface area contributed by atoms with Crippen molar-refractivity contribution in [2.75, 3.05) is 29.1 Å². The number of rotatable bonds is 6. The maximum atomic E-state index is 14.5. The minimum Gasteiger partial charge on any atom is -0.399 e. The van der Waals surface area contributed by atoms with Crippen LogP contribution in [0.3, 0.4) is 0 Å². The number of anilines is 3. The monoisotopic (exact) mass is 535 g/mol. The minimum atomic E-state index is -1.43. The third-order valence-electron chi connectivity index (χ3n) is 8.09. The molecule has 1 heterocycles. The minimum absolute atomic E-state index is 0.0607. The van der Waals surface area contributed by atoms with Crippen molar-refractivity contribution in [3.05, 3.63) is 102 Å². The number of nitrogens with one attached hydrogen (secondary N) is 1. The standard InChI is InChI=1S/C32H33N5O3/c1-20-15-16-21-9-4-5-12-24(21)25(20)18-36-27-13-6-7-14-28(27)37(29(38)22-10-8-11-23(33)17-22)19-26(30(36)39)32(2,35-3)31(34)40/h4-17,26,35H,18-19,33H2,1-3H3,(H2,34,40)/t26-,32?/m1/s1. The fraction of sp³-hybridized carbons (Fsp3) is 0.219. The number of para-hydroxylation sites is 2. The molecule has 5 rings (SSSR count). The van der Waals surface area contributed by atoms with Crippen molar-refractivity contribution >= 4 is 45.6 Å². The Morgan fingerprint density at radius 3 is 2.38 bits per heavy atom. The van der Waals surface area contributed by atoms with E-state index in [1.165, 1.54) is 0 Å². The number of benzene rings is 4. The number of nitrogens with zero attached hydrogens (tertiary/aromatic N) is 2. The molecule has 5 N–H and O–H groups in total. The Labute approximate surface area is 233 Å². The number of carbonyl (C=O) groups is 3. The van der Waals surface area contributed by atoms with E-state index in [0.717, 1.165) is 21.9 Å². The molecule has 1 aliphatic heterocycles. The van der Waals surface area contributed by atoms with Gasteiger partial charge in [-0.25, -0.2) is 0 Å². The molecule has 8 heteroatoms. The van der Waals surface area contributed by atoms with E-state index < -0.39 is 17.4 Å². The Kier molecular flexibility index (Phi) is 7.04. The fourth-order valence-electron chi connectivity index (χ4n) is 5.48. The van der Waals surface area contributed by atoms with Crippen molar-refractivity contribution in [2.24, 2.45) is 11.7 Å². The van der Waals surface area contributed by atoms with E-state index in [9.17, 15) is 14.4 Å². The Morgan fingerprint density at radius 2 is 1.68 bits per heavy atom. The molecule has 0 aliphatic carbocycles. The van der Waals surface area contributed by atoms with Crippen molar-refractivity contribution in [1.29, 1.82) is 0 Å². The zero-order valence-electron chi connectivity index (χ0n) is 22.8. The smallest absolute Gasteiger partial charge is 0.258 e. The van der Waals surface area contributed by atoms with Crippen LogP contribution >= 0.6 is 0 Å². The lowest BCUT2D eigenvalue weighted by molar-refractivity contribution is -0.133. The molecule has 0 bridgehead atoms. The van der Waals surface area contributed by atoms with Crippen LogP contribution in [0, 0.1) is 12.8 Å². The first kappa shape index (κ1) is 26.9. The summed E-state index contributed by atoms with van der Waals surface area (Å²) >= 11 is 0. The molecule has 40 heavy (non-hydrogen) atoms. The molecule has 0 aromatic heterocycles. The van der Waals surface area contributed by atoms with Gasteiger partial charge in [0.2, 0.25) is 11.8 Å². The van der Waals surface area contributed by atoms with Gasteiger partial charge in [-0.05, 0) is 73.1 Å². The van der Waals surface area contributed by atoms with Crippen LogP contribution in [0.2, 0.25) is 0 Å². The first-order valence-electron chi connectivity index (χ1n) is 13.2. The Morgan fingerprint density at radius 1 is 0.975 bits per heavy atom. The zero-order chi connectivity index (χ0) is 28.6. The lowest BCUT2D eigenvalue weighted by atomic mass is 9.83. The number of carbonyl (C=O) groups excluding carboxylic acids is 3. The molecule has 1 aliphatic rings. The van der Waals surface area contributed by atoms with Gasteiger partial charge in [0.25, 0.3) is 5.91 Å². The van der Waals surface area contributed by atoms with Crippen LogP contribution in [-0.2, 0) is 16.1 Å². The largest absolute Gasteiger partial charge is 0.399 e. The summed E-state index contributed by atoms with van der Waals surface area (Å²) in [5.74, 6) is -2.30. The first-order valence-corrected chi connectivity index (χ1v) is 13.2. The number of amides is 3. The predicted molar refractivity (Wildman–Crippen MR) is 159 cm³/mol. The second-order valence-corrected chi connectivity index (χ2v) is 10.4. The Hall–Kier alpha value is -4.69. The van der Waals surface area contributed by atoms with E-state index in [-0.39, 0.29) is 24.9 Å². The summed E-state index contributed by atoms with van der Waals surface area (Å²) in [5.41, 5.74) is 14.4. The average molecular weight is 536 g/mol. The molecule has 0 saturated carbocycles. The lowest BCUT2D eigenvalue weighted by Crippen LogP contribution is -2.63. The normalized spacial score (nSPS) is 16.8. The van der Waals surface area contributed by atoms with E-state index in [1.807, 2.05) is 61.5 Å². The van der Waals surface area contributed by atoms with E-state index in [2.05, 4.69) is 11.4 Å². The van der Waals surface area contributed by atoms with E-state index in [0.29, 0.717) is 22.6 Å². The first-order chi connectivity index (χ1) is 19.2. The summed E-state index contributed by atoms with van der Waals surface area (Å²) in [7, 11) is 1.60. The summed E-state index contributed by atoms with van der Waals surface area (Å²) in [6.45, 7) is 3.82. The molecule has 0 spiro atoms. The highest BCUT2D eigenvalue weighted by molar-refractivity contribution is 6.13. The van der Waals surface area contributed by atoms with E-state index in [1.54, 1.807) is 48.0 Å². The van der Waals surface area contributed by atoms with E-state index >= 15 is 0 Å². The van der Waals surface area contributed by atoms with Gasteiger partial charge in [0, 0.05) is 17.8 Å². The molecular formula is C32H33N5O3. The van der Waals surface area contributed by atoms with Crippen molar-refractivity contribution in [1.82, 2.24) is 5.32 Å². The second kappa shape index (κ2) is 10.5. The quantitative estimate of drug-likeness (QED) is 0.322. The summed E-state index contributed by atoms with van der Waals surface area (Å²) < 4.78 is 0. The number of aryl methyl sites for hydroxylation is 1. The van der Waals surface area contributed by atoms with Gasteiger partial charge < -0.3 is 26.6 Å². The molecule has 0 saturated heterocycles. The molecule has 0 radical (unpaired) electrons. The molecule has 4 aromatic carbocycles. The highest BCUT2D eigenvalue weighted by atomic mass is 16.2. The molecule has 2 atom stereocenters. The van der Waals surface area contributed by atoms with Crippen LogP contribution in [0.4, 0.5) is 17.1 Å². The van der Waals surface area contributed by atoms with Gasteiger partial charge in [0.15, 0.2) is 0 Å². The van der Waals surface area contributed by atoms with Gasteiger partial charge in [0.1, 0.15) is 5.54 Å². The highest BCUT2D eigenvalue weighted by Gasteiger charge is 2.48. The summed E-state index contributed by atoms with van der Waals surface area (Å²) in [6, 6.07) is 26.2. The number of nitrogen functional groups attached to an aromatic ring is 1. The molecule has 0 fully saturated rings. The average Bonchev–Trinajstić information content (AvgIpc) is 3.08. The molecular weight excluding hydrogens is 502 g/mol. The summed E-state index contributed by atoms with van der Waals surface area (Å²) in [5, 5.41) is 5.08. The van der Waals surface area contributed by atoms with Crippen molar-refractivity contribution in [2.45, 2.75) is 25.9 Å². The lowest BCUT2D eigenvalue weighted by Gasteiger charge is -2.36. The van der Waals surface area contributed by atoms with Crippen LogP contribution in [0.15, 0.2) is 84.9 Å². The number of primary amides is 1. The molecule has 3 amide bonds. The number of fused-ring (bicyclic) bond motifs is 2. The Balaban J connectivity index is 1.72. The van der Waals surface area contributed by atoms with Crippen molar-refractivity contribution in [3.63, 3.8) is 0 Å². The van der Waals surface area contributed by atoms with Gasteiger partial charge in [-0.15, -0.1) is 0 Å². The SMILES string of the molecule is CNC(C)(C(N)=O)[C@@H]1CN(C(=O)c2cccc(N)c2)c2ccccc2N(Cc2c(C)ccc3ccccc23)C1=O. The molecule has 4 aromatic rings. The summed E-state index contributed by atoms with van der Waals surface area (Å²) in [4.78, 5) is 44.6. The predicted octanol–water partition coefficient (Wildman–Crippen LogP) is 4.00. The molecule has 204 valence electrons. The highest BCUT2D eigenvalue weighted by Crippen LogP contribution is 2.39. The number of hydrogen-bond acceptors (Lipinski definition) is 5. The maximum absolute atomic E-state index is 14.5. The van der Waals surface area contributed by atoms with Crippen LogP contribution in [-0.4, -0.2) is 36.9 Å². The van der Waals surface area contributed by atoms with Gasteiger partial charge in [0.05, 0.1) is 23.8 Å². The van der Waals surface area contributed by atoms with Crippen LogP contribution in [0.1, 0.15) is 28.4 Å². The number of nitrogens with two attached hydrogens (primary N) is 2. The topological polar surface area (TPSA) is 122 Å². The summed E-state index contributed by atoms with van der Waals surface area (Å²) in [6.07, 6.45) is 0. The fourth-order valence-corrected chi connectivity index (χ4v) is 5.48. The van der Waals surface area contributed by atoms with Gasteiger partial charge in [-0.1, -0.05) is 54.6 Å². The maximum Gasteiger partial charge on any atom is 0.258 e. The Bertz CT molecular complexity index is 1630. The van der Waals surface area contributed by atoms with Crippen LogP contribution < -0.4 is 26.6 Å². The van der Waals surface area contributed by atoms with Gasteiger partial charge >= 0.3 is 0 Å². The zero-order valence-corrected chi connectivity index (χ0v) is 22.8. The van der Waals surface area contributed by atoms with Crippen LogP contribution in [0.25, 0.3) is 10.8 Å². The molecule has 1 unspecified atom stereocenters. The molecule has 8 nitrogen and oxygen atoms in total. The second-order valence-electron chi connectivity index (χ2n) is 10.4. The van der Waals surface area contributed by atoms with Crippen molar-refractivity contribution in [3.8, 4) is 0 Å². The van der Waals surface area contributed by atoms with Gasteiger partial charge in [-0.3, -0.25) is 14.4 Å². The number of hydrogen-bond donors (Lipinski definition) is 3.